The maximum atomic E-state index is 2.59. The summed E-state index contributed by atoms with van der Waals surface area (Å²) in [5.41, 5.74) is 7.80. The summed E-state index contributed by atoms with van der Waals surface area (Å²) in [6, 6.07) is 16.6. The molecule has 0 bridgehead atoms. The second kappa shape index (κ2) is 11.6. The van der Waals surface area contributed by atoms with E-state index in [4.69, 9.17) is 0 Å². The maximum absolute atomic E-state index is 2.59. The predicted octanol–water partition coefficient (Wildman–Crippen LogP) is 0.869. The van der Waals surface area contributed by atoms with E-state index in [-0.39, 0.29) is 53.1 Å². The van der Waals surface area contributed by atoms with Crippen molar-refractivity contribution in [1.29, 1.82) is 0 Å². The van der Waals surface area contributed by atoms with Crippen molar-refractivity contribution in [1.82, 2.24) is 0 Å². The number of hydrogen-bond donors (Lipinski definition) is 0. The van der Waals surface area contributed by atoms with Crippen LogP contribution in [0.15, 0.2) is 48.0 Å². The molecule has 0 saturated heterocycles. The molecule has 1 aliphatic carbocycles. The molecule has 0 nitrogen and oxygen atoms in total. The van der Waals surface area contributed by atoms with E-state index in [1.165, 1.54) is 30.4 Å². The van der Waals surface area contributed by atoms with Gasteiger partial charge in [-0.2, -0.15) is 0 Å². The molecule has 0 saturated carbocycles. The number of fused-ring (bicyclic) bond motifs is 1. The van der Waals surface area contributed by atoms with E-state index >= 15 is 0 Å². The zero-order valence-electron chi connectivity index (χ0n) is 18.6. The van der Waals surface area contributed by atoms with Crippen LogP contribution in [-0.2, 0) is 22.4 Å². The van der Waals surface area contributed by atoms with Gasteiger partial charge in [-0.15, -0.1) is 0 Å². The summed E-state index contributed by atoms with van der Waals surface area (Å²) in [4.78, 5) is 0. The molecule has 0 aliphatic heterocycles. The minimum absolute atomic E-state index is 0. The number of benzene rings is 2. The van der Waals surface area contributed by atoms with E-state index in [0.29, 0.717) is 0 Å². The van der Waals surface area contributed by atoms with Crippen molar-refractivity contribution < 1.29 is 47.2 Å². The molecule has 0 heterocycles. The van der Waals surface area contributed by atoms with Gasteiger partial charge in [-0.3, -0.25) is 0 Å². The van der Waals surface area contributed by atoms with Crippen LogP contribution in [0, 0.1) is 0 Å². The Labute approximate surface area is 203 Å². The molecule has 1 atom stereocenters. The minimum Gasteiger partial charge on any atom is -1.00 e. The summed E-state index contributed by atoms with van der Waals surface area (Å²) in [6.45, 7) is 14.7. The summed E-state index contributed by atoms with van der Waals surface area (Å²) in [7, 11) is -1.23. The van der Waals surface area contributed by atoms with E-state index in [1.54, 1.807) is 21.9 Å². The van der Waals surface area contributed by atoms with Gasteiger partial charge in [0, 0.05) is 0 Å². The van der Waals surface area contributed by atoms with Crippen molar-refractivity contribution in [3.05, 3.63) is 59.2 Å². The first-order valence-electron chi connectivity index (χ1n) is 10.3. The molecule has 1 unspecified atom stereocenters. The van der Waals surface area contributed by atoms with Crippen LogP contribution in [0.25, 0.3) is 17.2 Å². The standard InChI is InChI=1S/C22H27Si.C2H6Si.2ClH.Zr/c1-5-6-8-17-15-19-9-7-10-21(22(19)16-17)18-11-13-20(14-12-18)23(2,3)4;1-3-2;;;/h7,9-16H,5-6,8H2,1-4H3;1-2H3;2*1H;/q;;;;+2/p-2. The first-order valence-corrected chi connectivity index (χ1v) is 21.4. The van der Waals surface area contributed by atoms with Gasteiger partial charge in [0.25, 0.3) is 0 Å². The van der Waals surface area contributed by atoms with Crippen LogP contribution >= 0.6 is 0 Å². The second-order valence-corrected chi connectivity index (χ2v) is 27.3. The van der Waals surface area contributed by atoms with Crippen molar-refractivity contribution in [3.63, 3.8) is 0 Å². The van der Waals surface area contributed by atoms with E-state index in [2.05, 4.69) is 88.2 Å². The van der Waals surface area contributed by atoms with Crippen molar-refractivity contribution in [2.45, 2.75) is 62.5 Å². The molecule has 29 heavy (non-hydrogen) atoms. The Bertz CT molecular complexity index is 824. The SMILES string of the molecule is CCCCC1=Cc2c(-c3ccc([Si](C)(C)C)cc3)cccc2[CH]1[Zr+2][Si](C)C.[Cl-].[Cl-]. The average Bonchev–Trinajstić information content (AvgIpc) is 2.96. The Balaban J connectivity index is 0.00000210. The molecule has 1 radical (unpaired) electrons. The first kappa shape index (κ1) is 27.1. The monoisotopic (exact) mass is 537 g/mol. The molecule has 5 heteroatoms. The Morgan fingerprint density at radius 2 is 1.62 bits per heavy atom. The fourth-order valence-electron chi connectivity index (χ4n) is 3.92. The molecule has 0 N–H and O–H groups in total. The summed E-state index contributed by atoms with van der Waals surface area (Å²) in [5.74, 6) is -0.0809. The zero-order valence-corrected chi connectivity index (χ0v) is 24.5. The van der Waals surface area contributed by atoms with E-state index in [1.807, 2.05) is 0 Å². The Kier molecular flexibility index (Phi) is 10.9. The molecule has 3 rings (SSSR count). The van der Waals surface area contributed by atoms with Gasteiger partial charge in [0.15, 0.2) is 0 Å². The topological polar surface area (TPSA) is 0 Å². The fraction of sp³-hybridized carbons (Fsp3) is 0.417. The average molecular weight is 540 g/mol. The predicted molar refractivity (Wildman–Crippen MR) is 123 cm³/mol. The molecular weight excluding hydrogens is 507 g/mol. The molecule has 1 aliphatic rings. The molecule has 0 spiro atoms. The van der Waals surface area contributed by atoms with Gasteiger partial charge in [-0.05, 0) is 0 Å². The van der Waals surface area contributed by atoms with Crippen LogP contribution in [0.2, 0.25) is 32.7 Å². The number of rotatable bonds is 7. The van der Waals surface area contributed by atoms with Gasteiger partial charge in [0.2, 0.25) is 0 Å². The number of unbranched alkanes of at least 4 members (excludes halogenated alkanes) is 1. The summed E-state index contributed by atoms with van der Waals surface area (Å²) in [6.07, 6.45) is 6.53. The van der Waals surface area contributed by atoms with Gasteiger partial charge in [0.05, 0.1) is 0 Å². The van der Waals surface area contributed by atoms with Crippen LogP contribution < -0.4 is 30.0 Å². The van der Waals surface area contributed by atoms with Crippen LogP contribution in [-0.4, -0.2) is 14.0 Å². The van der Waals surface area contributed by atoms with E-state index in [0.717, 1.165) is 3.63 Å². The Hall–Kier alpha value is 0.0769. The molecule has 0 aromatic heterocycles. The summed E-state index contributed by atoms with van der Waals surface area (Å²) >= 11 is -0.359. The Morgan fingerprint density at radius 1 is 0.966 bits per heavy atom. The van der Waals surface area contributed by atoms with Gasteiger partial charge < -0.3 is 24.8 Å². The number of hydrogen-bond acceptors (Lipinski definition) is 0. The summed E-state index contributed by atoms with van der Waals surface area (Å²) in [5, 5.41) is 1.55. The molecule has 2 aromatic rings. The van der Waals surface area contributed by atoms with Gasteiger partial charge in [0.1, 0.15) is 0 Å². The fourth-order valence-corrected chi connectivity index (χ4v) is 14.0. The first-order chi connectivity index (χ1) is 12.8. The molecular formula is C24H33Cl2Si2Zr. The van der Waals surface area contributed by atoms with Gasteiger partial charge in [-0.1, -0.05) is 0 Å². The van der Waals surface area contributed by atoms with Gasteiger partial charge >= 0.3 is 180 Å². The zero-order chi connectivity index (χ0) is 19.6. The van der Waals surface area contributed by atoms with Crippen molar-refractivity contribution >= 4 is 25.3 Å². The third kappa shape index (κ3) is 6.53. The third-order valence-corrected chi connectivity index (χ3v) is 16.5. The number of allylic oxidation sites excluding steroid dienone is 1. The van der Waals surface area contributed by atoms with Crippen molar-refractivity contribution in [2.75, 3.05) is 0 Å². The molecule has 155 valence electrons. The molecule has 2 aromatic carbocycles. The van der Waals surface area contributed by atoms with E-state index in [9.17, 15) is 0 Å². The number of halogens is 2. The minimum atomic E-state index is -1.23. The summed E-state index contributed by atoms with van der Waals surface area (Å²) < 4.78 is 0.834. The van der Waals surface area contributed by atoms with Crippen LogP contribution in [0.5, 0.6) is 0 Å². The molecule has 0 amide bonds. The van der Waals surface area contributed by atoms with Crippen molar-refractivity contribution in [3.8, 4) is 11.1 Å². The second-order valence-electron chi connectivity index (χ2n) is 9.04. The third-order valence-electron chi connectivity index (χ3n) is 5.47. The normalized spacial score (nSPS) is 15.1. The van der Waals surface area contributed by atoms with Crippen LogP contribution in [0.4, 0.5) is 0 Å². The van der Waals surface area contributed by atoms with E-state index < -0.39 is 8.07 Å². The smallest absolute Gasteiger partial charge is 1.00 e. The largest absolute Gasteiger partial charge is 1.00 e. The maximum Gasteiger partial charge on any atom is -1.00 e. The van der Waals surface area contributed by atoms with Crippen LogP contribution in [0.3, 0.4) is 0 Å². The van der Waals surface area contributed by atoms with Crippen molar-refractivity contribution in [2.24, 2.45) is 0 Å². The molecule has 0 fully saturated rings. The Morgan fingerprint density at radius 3 is 2.17 bits per heavy atom. The quantitative estimate of drug-likeness (QED) is 0.458. The van der Waals surface area contributed by atoms with Gasteiger partial charge in [-0.25, -0.2) is 0 Å². The van der Waals surface area contributed by atoms with Crippen LogP contribution in [0.1, 0.15) is 40.9 Å².